The highest BCUT2D eigenvalue weighted by Crippen LogP contribution is 2.44. The van der Waals surface area contributed by atoms with Crippen LogP contribution >= 0.6 is 0 Å². The average Bonchev–Trinajstić information content (AvgIpc) is 2.67. The van der Waals surface area contributed by atoms with Crippen LogP contribution in [0.4, 0.5) is 0 Å². The van der Waals surface area contributed by atoms with E-state index in [1.165, 1.54) is 14.1 Å². The first-order valence-corrected chi connectivity index (χ1v) is 8.03. The lowest BCUT2D eigenvalue weighted by molar-refractivity contribution is -0.0907. The van der Waals surface area contributed by atoms with Crippen LogP contribution < -0.4 is 8.92 Å². The van der Waals surface area contributed by atoms with E-state index in [1.807, 2.05) is 13.8 Å². The maximum absolute atomic E-state index is 11.8. The second-order valence-corrected chi connectivity index (χ2v) is 7.42. The first kappa shape index (κ1) is 16.6. The molecule has 0 radical (unpaired) electrons. The second kappa shape index (κ2) is 5.80. The predicted octanol–water partition coefficient (Wildman–Crippen LogP) is 1.52. The lowest BCUT2D eigenvalue weighted by atomic mass is 9.85. The molecule has 1 unspecified atom stereocenters. The monoisotopic (exact) mass is 325 g/mol. The molecule has 1 atom stereocenters. The fourth-order valence-corrected chi connectivity index (χ4v) is 2.62. The number of fused-ring (bicyclic) bond motifs is 1. The number of benzene rings is 1. The minimum Gasteiger partial charge on any atom is -0.464 e. The van der Waals surface area contributed by atoms with Crippen molar-refractivity contribution < 1.29 is 22.1 Å². The van der Waals surface area contributed by atoms with Crippen LogP contribution in [0.25, 0.3) is 0 Å². The summed E-state index contributed by atoms with van der Waals surface area (Å²) in [6, 6.07) is 4.85. The zero-order valence-corrected chi connectivity index (χ0v) is 13.8. The van der Waals surface area contributed by atoms with Crippen molar-refractivity contribution in [1.82, 2.24) is 4.31 Å². The zero-order valence-electron chi connectivity index (χ0n) is 13.0. The third kappa shape index (κ3) is 3.04. The summed E-state index contributed by atoms with van der Waals surface area (Å²) in [7, 11) is -0.994. The normalized spacial score (nSPS) is 19.4. The Labute approximate surface area is 131 Å². The Hall–Kier alpha value is -1.75. The number of hydrogen-bond acceptors (Lipinski definition) is 5. The molecule has 0 saturated carbocycles. The molecule has 1 aliphatic rings. The molecule has 0 spiro atoms. The summed E-state index contributed by atoms with van der Waals surface area (Å²) in [4.78, 5) is 0. The highest BCUT2D eigenvalue weighted by Gasteiger charge is 2.43. The molecule has 0 aromatic heterocycles. The van der Waals surface area contributed by atoms with Crippen molar-refractivity contribution in [2.75, 3.05) is 20.7 Å². The van der Waals surface area contributed by atoms with Crippen molar-refractivity contribution in [3.05, 3.63) is 23.8 Å². The second-order valence-electron chi connectivity index (χ2n) is 5.67. The van der Waals surface area contributed by atoms with Crippen molar-refractivity contribution >= 4 is 10.3 Å². The van der Waals surface area contributed by atoms with Gasteiger partial charge in [0.05, 0.1) is 5.41 Å². The Kier molecular flexibility index (Phi) is 4.38. The molecular weight excluding hydrogens is 306 g/mol. The van der Waals surface area contributed by atoms with Gasteiger partial charge in [-0.2, -0.15) is 12.7 Å². The number of hydrogen-bond donors (Lipinski definition) is 0. The molecule has 0 amide bonds. The van der Waals surface area contributed by atoms with Gasteiger partial charge in [0.25, 0.3) is 0 Å². The third-order valence-electron chi connectivity index (χ3n) is 3.44. The van der Waals surface area contributed by atoms with Gasteiger partial charge in [-0.05, 0) is 32.0 Å². The van der Waals surface area contributed by atoms with Crippen LogP contribution in [-0.4, -0.2) is 39.7 Å². The van der Waals surface area contributed by atoms with Gasteiger partial charge >= 0.3 is 10.3 Å². The van der Waals surface area contributed by atoms with Crippen LogP contribution in [0.2, 0.25) is 0 Å². The molecule has 1 aromatic rings. The van der Waals surface area contributed by atoms with Crippen LogP contribution in [0.15, 0.2) is 18.2 Å². The molecule has 0 aliphatic carbocycles. The van der Waals surface area contributed by atoms with Gasteiger partial charge < -0.3 is 13.7 Å². The molecule has 0 bridgehead atoms. The Morgan fingerprint density at radius 1 is 1.41 bits per heavy atom. The van der Waals surface area contributed by atoms with E-state index in [1.54, 1.807) is 18.2 Å². The minimum absolute atomic E-state index is 0.139. The Morgan fingerprint density at radius 2 is 2.09 bits per heavy atom. The van der Waals surface area contributed by atoms with Crippen molar-refractivity contribution in [1.29, 1.82) is 0 Å². The summed E-state index contributed by atoms with van der Waals surface area (Å²) in [5.41, 5.74) is 0.328. The summed E-state index contributed by atoms with van der Waals surface area (Å²) in [6.07, 6.45) is 4.67. The first-order chi connectivity index (χ1) is 10.2. The molecular formula is C15H19NO5S. The Morgan fingerprint density at radius 3 is 2.68 bits per heavy atom. The van der Waals surface area contributed by atoms with E-state index in [0.29, 0.717) is 5.75 Å². The molecule has 7 heteroatoms. The smallest absolute Gasteiger partial charge is 0.384 e. The van der Waals surface area contributed by atoms with E-state index in [4.69, 9.17) is 20.1 Å². The van der Waals surface area contributed by atoms with Crippen molar-refractivity contribution in [2.24, 2.45) is 0 Å². The largest absolute Gasteiger partial charge is 0.464 e. The molecule has 22 heavy (non-hydrogen) atoms. The summed E-state index contributed by atoms with van der Waals surface area (Å²) in [6.45, 7) is 4.01. The lowest BCUT2D eigenvalue weighted by Crippen LogP contribution is -2.34. The van der Waals surface area contributed by atoms with E-state index >= 15 is 0 Å². The quantitative estimate of drug-likeness (QED) is 0.768. The molecule has 2 rings (SSSR count). The highest BCUT2D eigenvalue weighted by atomic mass is 32.2. The Bertz CT molecular complexity index is 703. The molecule has 1 aromatic carbocycles. The van der Waals surface area contributed by atoms with Gasteiger partial charge in [-0.25, -0.2) is 0 Å². The topological polar surface area (TPSA) is 65.1 Å². The van der Waals surface area contributed by atoms with Crippen molar-refractivity contribution in [2.45, 2.75) is 25.6 Å². The van der Waals surface area contributed by atoms with Gasteiger partial charge in [0.15, 0.2) is 0 Å². The lowest BCUT2D eigenvalue weighted by Gasteiger charge is -2.25. The van der Waals surface area contributed by atoms with Gasteiger partial charge in [-0.3, -0.25) is 0 Å². The first-order valence-electron chi connectivity index (χ1n) is 6.66. The SMILES string of the molecule is C#CCOC1Oc2ccc(OS(=O)(=O)N(C)C)cc2C1(C)C. The van der Waals surface area contributed by atoms with Crippen LogP contribution in [0, 0.1) is 12.3 Å². The Balaban J connectivity index is 2.29. The maximum Gasteiger partial charge on any atom is 0.384 e. The van der Waals surface area contributed by atoms with E-state index < -0.39 is 22.0 Å². The van der Waals surface area contributed by atoms with Gasteiger partial charge in [-0.15, -0.1) is 6.42 Å². The van der Waals surface area contributed by atoms with E-state index in [9.17, 15) is 8.42 Å². The minimum atomic E-state index is -3.80. The zero-order chi connectivity index (χ0) is 16.5. The number of rotatable bonds is 5. The summed E-state index contributed by atoms with van der Waals surface area (Å²) >= 11 is 0. The fourth-order valence-electron chi connectivity index (χ4n) is 2.12. The molecule has 0 N–H and O–H groups in total. The van der Waals surface area contributed by atoms with E-state index in [0.717, 1.165) is 9.87 Å². The van der Waals surface area contributed by atoms with Gasteiger partial charge in [0.1, 0.15) is 18.1 Å². The molecule has 120 valence electrons. The number of ether oxygens (including phenoxy) is 2. The number of nitrogens with zero attached hydrogens (tertiary/aromatic N) is 1. The maximum atomic E-state index is 11.8. The third-order valence-corrected chi connectivity index (χ3v) is 4.73. The van der Waals surface area contributed by atoms with Crippen molar-refractivity contribution in [3.63, 3.8) is 0 Å². The van der Waals surface area contributed by atoms with Gasteiger partial charge in [0, 0.05) is 19.7 Å². The highest BCUT2D eigenvalue weighted by molar-refractivity contribution is 7.84. The number of terminal acetylenes is 1. The molecule has 1 heterocycles. The van der Waals surface area contributed by atoms with Crippen LogP contribution in [0.5, 0.6) is 11.5 Å². The van der Waals surface area contributed by atoms with E-state index in [-0.39, 0.29) is 12.4 Å². The van der Waals surface area contributed by atoms with Crippen LogP contribution in [0.1, 0.15) is 19.4 Å². The summed E-state index contributed by atoms with van der Waals surface area (Å²) in [5.74, 6) is 3.25. The summed E-state index contributed by atoms with van der Waals surface area (Å²) in [5, 5.41) is 0. The van der Waals surface area contributed by atoms with Crippen LogP contribution in [0.3, 0.4) is 0 Å². The molecule has 0 fully saturated rings. The fraction of sp³-hybridized carbons (Fsp3) is 0.467. The predicted molar refractivity (Wildman–Crippen MR) is 81.9 cm³/mol. The molecule has 0 saturated heterocycles. The van der Waals surface area contributed by atoms with Gasteiger partial charge in [0.2, 0.25) is 6.29 Å². The standard InChI is InChI=1S/C15H19NO5S/c1-6-9-19-14-15(2,3)12-10-11(7-8-13(12)20-14)21-22(17,18)16(4)5/h1,7-8,10,14H,9H2,2-5H3. The van der Waals surface area contributed by atoms with Gasteiger partial charge in [-0.1, -0.05) is 5.92 Å². The van der Waals surface area contributed by atoms with Crippen molar-refractivity contribution in [3.8, 4) is 23.8 Å². The molecule has 1 aliphatic heterocycles. The van der Waals surface area contributed by atoms with E-state index in [2.05, 4.69) is 5.92 Å². The average molecular weight is 325 g/mol. The van der Waals surface area contributed by atoms with Crippen LogP contribution in [-0.2, 0) is 20.5 Å². The molecule has 6 nitrogen and oxygen atoms in total. The summed E-state index contributed by atoms with van der Waals surface area (Å²) < 4.78 is 40.9.